The maximum atomic E-state index is 14.0. The van der Waals surface area contributed by atoms with Crippen LogP contribution in [-0.4, -0.2) is 59.7 Å². The molecule has 1 aliphatic rings. The Morgan fingerprint density at radius 1 is 1.43 bits per heavy atom. The van der Waals surface area contributed by atoms with Gasteiger partial charge in [0.25, 0.3) is 0 Å². The number of benzene rings is 1. The summed E-state index contributed by atoms with van der Waals surface area (Å²) >= 11 is 0. The summed E-state index contributed by atoms with van der Waals surface area (Å²) in [5.74, 6) is -0.383. The van der Waals surface area contributed by atoms with Crippen molar-refractivity contribution in [1.29, 1.82) is 0 Å². The molecule has 1 atom stereocenters. The van der Waals surface area contributed by atoms with Gasteiger partial charge >= 0.3 is 7.12 Å². The lowest BCUT2D eigenvalue weighted by Crippen LogP contribution is -2.38. The third-order valence-corrected chi connectivity index (χ3v) is 4.24. The topological polar surface area (TPSA) is 46.9 Å². The maximum absolute atomic E-state index is 14.0. The van der Waals surface area contributed by atoms with Crippen molar-refractivity contribution < 1.29 is 14.4 Å². The third-order valence-electron chi connectivity index (χ3n) is 4.24. The van der Waals surface area contributed by atoms with Gasteiger partial charge in [0.05, 0.1) is 0 Å². The highest BCUT2D eigenvalue weighted by Crippen LogP contribution is 2.18. The molecule has 2 rings (SSSR count). The Labute approximate surface area is 126 Å². The van der Waals surface area contributed by atoms with Crippen molar-refractivity contribution in [1.82, 2.24) is 9.80 Å². The van der Waals surface area contributed by atoms with Gasteiger partial charge in [0, 0.05) is 24.7 Å². The molecule has 4 nitrogen and oxygen atoms in total. The van der Waals surface area contributed by atoms with Crippen molar-refractivity contribution in [3.05, 3.63) is 29.6 Å². The minimum Gasteiger partial charge on any atom is -0.423 e. The molecule has 1 unspecified atom stereocenters. The summed E-state index contributed by atoms with van der Waals surface area (Å²) in [6, 6.07) is 4.95. The van der Waals surface area contributed by atoms with Crippen LogP contribution in [0.2, 0.25) is 0 Å². The average Bonchev–Trinajstić information content (AvgIpc) is 2.87. The molecular weight excluding hydrogens is 270 g/mol. The summed E-state index contributed by atoms with van der Waals surface area (Å²) in [5, 5.41) is 18.1. The molecule has 1 saturated heterocycles. The van der Waals surface area contributed by atoms with Gasteiger partial charge < -0.3 is 14.9 Å². The first-order valence-electron chi connectivity index (χ1n) is 7.58. The zero-order valence-corrected chi connectivity index (χ0v) is 12.8. The van der Waals surface area contributed by atoms with Gasteiger partial charge in [-0.05, 0) is 44.5 Å². The first-order chi connectivity index (χ1) is 10.0. The third kappa shape index (κ3) is 4.26. The number of rotatable bonds is 6. The second-order valence-electron chi connectivity index (χ2n) is 5.85. The zero-order chi connectivity index (χ0) is 15.4. The lowest BCUT2D eigenvalue weighted by molar-refractivity contribution is 0.193. The Hall–Kier alpha value is -0.945. The van der Waals surface area contributed by atoms with Crippen molar-refractivity contribution in [2.75, 3.05) is 26.7 Å². The van der Waals surface area contributed by atoms with E-state index < -0.39 is 7.12 Å². The second-order valence-corrected chi connectivity index (χ2v) is 5.85. The number of nitrogens with zero attached hydrogens (tertiary/aromatic N) is 2. The van der Waals surface area contributed by atoms with Crippen molar-refractivity contribution in [3.8, 4) is 0 Å². The SMILES string of the molecule is CCN1CCCC1CN(C)Cc1ccc(B(O)O)cc1F. The van der Waals surface area contributed by atoms with E-state index in [0.717, 1.165) is 19.6 Å². The van der Waals surface area contributed by atoms with Crippen LogP contribution in [0.4, 0.5) is 4.39 Å². The van der Waals surface area contributed by atoms with Crippen LogP contribution in [-0.2, 0) is 6.54 Å². The quantitative estimate of drug-likeness (QED) is 0.747. The van der Waals surface area contributed by atoms with Gasteiger partial charge in [-0.2, -0.15) is 0 Å². The van der Waals surface area contributed by atoms with Crippen molar-refractivity contribution >= 4 is 12.6 Å². The molecule has 0 aliphatic carbocycles. The fourth-order valence-electron chi connectivity index (χ4n) is 3.09. The van der Waals surface area contributed by atoms with Gasteiger partial charge in [0.15, 0.2) is 0 Å². The molecule has 1 aliphatic heterocycles. The summed E-state index contributed by atoms with van der Waals surface area (Å²) in [5.41, 5.74) is 0.773. The highest BCUT2D eigenvalue weighted by molar-refractivity contribution is 6.58. The van der Waals surface area contributed by atoms with Crippen molar-refractivity contribution in [2.45, 2.75) is 32.4 Å². The maximum Gasteiger partial charge on any atom is 0.488 e. The number of likely N-dealkylation sites (N-methyl/N-ethyl adjacent to an activating group) is 2. The van der Waals surface area contributed by atoms with Gasteiger partial charge in [0.2, 0.25) is 0 Å². The lowest BCUT2D eigenvalue weighted by atomic mass is 9.80. The lowest BCUT2D eigenvalue weighted by Gasteiger charge is -2.27. The molecule has 2 N–H and O–H groups in total. The molecule has 0 saturated carbocycles. The van der Waals surface area contributed by atoms with Crippen LogP contribution >= 0.6 is 0 Å². The minimum atomic E-state index is -1.62. The summed E-state index contributed by atoms with van der Waals surface area (Å²) in [7, 11) is 0.378. The van der Waals surface area contributed by atoms with E-state index in [1.165, 1.54) is 18.9 Å². The molecule has 1 aromatic rings. The second kappa shape index (κ2) is 7.36. The van der Waals surface area contributed by atoms with Gasteiger partial charge in [-0.25, -0.2) is 4.39 Å². The molecule has 1 aromatic carbocycles. The summed E-state index contributed by atoms with van der Waals surface area (Å²) in [4.78, 5) is 4.60. The van der Waals surface area contributed by atoms with Crippen LogP contribution in [0.3, 0.4) is 0 Å². The molecule has 116 valence electrons. The fourth-order valence-corrected chi connectivity index (χ4v) is 3.09. The molecule has 0 amide bonds. The molecule has 1 heterocycles. The van der Waals surface area contributed by atoms with E-state index >= 15 is 0 Å². The van der Waals surface area contributed by atoms with Gasteiger partial charge in [-0.3, -0.25) is 4.90 Å². The van der Waals surface area contributed by atoms with Gasteiger partial charge in [-0.15, -0.1) is 0 Å². The van der Waals surface area contributed by atoms with E-state index in [9.17, 15) is 4.39 Å². The Balaban J connectivity index is 1.94. The monoisotopic (exact) mass is 294 g/mol. The highest BCUT2D eigenvalue weighted by atomic mass is 19.1. The Bertz CT molecular complexity index is 473. The zero-order valence-electron chi connectivity index (χ0n) is 12.8. The summed E-state index contributed by atoms with van der Waals surface area (Å²) < 4.78 is 14.0. The van der Waals surface area contributed by atoms with E-state index in [1.54, 1.807) is 12.1 Å². The molecule has 21 heavy (non-hydrogen) atoms. The predicted octanol–water partition coefficient (Wildman–Crippen LogP) is 0.422. The first-order valence-corrected chi connectivity index (χ1v) is 7.58. The van der Waals surface area contributed by atoms with Crippen LogP contribution in [0.25, 0.3) is 0 Å². The fraction of sp³-hybridized carbons (Fsp3) is 0.600. The van der Waals surface area contributed by atoms with Crippen LogP contribution in [0.15, 0.2) is 18.2 Å². The Kier molecular flexibility index (Phi) is 5.76. The summed E-state index contributed by atoms with van der Waals surface area (Å²) in [6.07, 6.45) is 2.44. The van der Waals surface area contributed by atoms with E-state index in [1.807, 2.05) is 7.05 Å². The summed E-state index contributed by atoms with van der Waals surface area (Å²) in [6.45, 7) is 5.86. The number of hydrogen-bond acceptors (Lipinski definition) is 4. The van der Waals surface area contributed by atoms with E-state index in [-0.39, 0.29) is 11.3 Å². The molecule has 0 spiro atoms. The predicted molar refractivity (Wildman–Crippen MR) is 82.8 cm³/mol. The largest absolute Gasteiger partial charge is 0.488 e. The van der Waals surface area contributed by atoms with Gasteiger partial charge in [-0.1, -0.05) is 19.1 Å². The van der Waals surface area contributed by atoms with Crippen molar-refractivity contribution in [2.24, 2.45) is 0 Å². The smallest absolute Gasteiger partial charge is 0.423 e. The van der Waals surface area contributed by atoms with E-state index in [0.29, 0.717) is 18.2 Å². The Morgan fingerprint density at radius 3 is 2.81 bits per heavy atom. The number of likely N-dealkylation sites (tertiary alicyclic amines) is 1. The number of hydrogen-bond donors (Lipinski definition) is 2. The van der Waals surface area contributed by atoms with Crippen LogP contribution < -0.4 is 5.46 Å². The minimum absolute atomic E-state index is 0.187. The van der Waals surface area contributed by atoms with Crippen LogP contribution in [0.1, 0.15) is 25.3 Å². The molecule has 6 heteroatoms. The van der Waals surface area contributed by atoms with E-state index in [4.69, 9.17) is 10.0 Å². The first kappa shape index (κ1) is 16.4. The van der Waals surface area contributed by atoms with Gasteiger partial charge in [0.1, 0.15) is 5.82 Å². The highest BCUT2D eigenvalue weighted by Gasteiger charge is 2.24. The average molecular weight is 294 g/mol. The molecular formula is C15H24BFN2O2. The molecule has 1 fully saturated rings. The van der Waals surface area contributed by atoms with Crippen LogP contribution in [0.5, 0.6) is 0 Å². The molecule has 0 aromatic heterocycles. The molecule has 0 bridgehead atoms. The molecule has 0 radical (unpaired) electrons. The number of halogens is 1. The van der Waals surface area contributed by atoms with Crippen molar-refractivity contribution in [3.63, 3.8) is 0 Å². The van der Waals surface area contributed by atoms with E-state index in [2.05, 4.69) is 16.7 Å². The normalized spacial score (nSPS) is 19.4. The van der Waals surface area contributed by atoms with Crippen LogP contribution in [0, 0.1) is 5.82 Å². The Morgan fingerprint density at radius 2 is 2.19 bits per heavy atom. The standard InChI is InChI=1S/C15H24BFN2O2/c1-3-19-8-4-5-14(19)11-18(2)10-12-6-7-13(16(20)21)9-15(12)17/h6-7,9,14,20-21H,3-5,8,10-11H2,1-2H3.